The maximum Gasteiger partial charge on any atom is 0.246 e. The summed E-state index contributed by atoms with van der Waals surface area (Å²) < 4.78 is 16.6. The van der Waals surface area contributed by atoms with Gasteiger partial charge in [-0.2, -0.15) is 0 Å². The van der Waals surface area contributed by atoms with Crippen LogP contribution in [0.4, 0.5) is 0 Å². The topological polar surface area (TPSA) is 51.2 Å². The first-order valence-corrected chi connectivity index (χ1v) is 8.23. The molecule has 0 bridgehead atoms. The highest BCUT2D eigenvalue weighted by Crippen LogP contribution is 2.40. The van der Waals surface area contributed by atoms with Gasteiger partial charge in [0.05, 0.1) is 7.11 Å². The number of hydrogen-bond donors (Lipinski definition) is 0. The van der Waals surface area contributed by atoms with Crippen molar-refractivity contribution in [1.82, 2.24) is 9.80 Å². The molecule has 3 rings (SSSR count). The Hall–Kier alpha value is -2.21. The van der Waals surface area contributed by atoms with Crippen LogP contribution in [-0.2, 0) is 4.79 Å². The smallest absolute Gasteiger partial charge is 0.246 e. The van der Waals surface area contributed by atoms with Gasteiger partial charge >= 0.3 is 0 Å². The lowest BCUT2D eigenvalue weighted by Gasteiger charge is -2.37. The highest BCUT2D eigenvalue weighted by Gasteiger charge is 2.24. The second-order valence-electron chi connectivity index (χ2n) is 6.22. The Morgan fingerprint density at radius 1 is 1.29 bits per heavy atom. The molecule has 1 saturated heterocycles. The fourth-order valence-electron chi connectivity index (χ4n) is 3.12. The molecule has 2 aliphatic rings. The van der Waals surface area contributed by atoms with Crippen LogP contribution in [0.1, 0.15) is 12.5 Å². The number of likely N-dealkylation sites (N-methyl/N-ethyl adjacent to an activating group) is 1. The van der Waals surface area contributed by atoms with Gasteiger partial charge in [-0.25, -0.2) is 0 Å². The molecule has 2 aliphatic heterocycles. The Morgan fingerprint density at radius 3 is 2.83 bits per heavy atom. The van der Waals surface area contributed by atoms with E-state index < -0.39 is 0 Å². The van der Waals surface area contributed by atoms with E-state index in [9.17, 15) is 4.79 Å². The van der Waals surface area contributed by atoms with Crippen molar-refractivity contribution in [3.8, 4) is 17.2 Å². The lowest BCUT2D eigenvalue weighted by Crippen LogP contribution is -2.52. The Balaban J connectivity index is 1.75. The minimum Gasteiger partial charge on any atom is -0.493 e. The number of amides is 1. The second kappa shape index (κ2) is 7.13. The quantitative estimate of drug-likeness (QED) is 0.788. The highest BCUT2D eigenvalue weighted by molar-refractivity contribution is 5.92. The second-order valence-corrected chi connectivity index (χ2v) is 6.22. The first-order chi connectivity index (χ1) is 11.6. The predicted molar refractivity (Wildman–Crippen MR) is 91.7 cm³/mol. The van der Waals surface area contributed by atoms with Gasteiger partial charge in [0.15, 0.2) is 11.5 Å². The number of carbonyl (C=O) groups is 1. The van der Waals surface area contributed by atoms with Crippen molar-refractivity contribution in [2.45, 2.75) is 13.0 Å². The average Bonchev–Trinajstić information content (AvgIpc) is 2.58. The molecule has 6 nitrogen and oxygen atoms in total. The molecule has 1 aromatic carbocycles. The third-order valence-electron chi connectivity index (χ3n) is 4.38. The van der Waals surface area contributed by atoms with Crippen LogP contribution in [0.3, 0.4) is 0 Å². The fourth-order valence-corrected chi connectivity index (χ4v) is 3.12. The normalized spacial score (nSPS) is 21.1. The van der Waals surface area contributed by atoms with Gasteiger partial charge < -0.3 is 24.0 Å². The molecule has 130 valence electrons. The van der Waals surface area contributed by atoms with E-state index >= 15 is 0 Å². The molecule has 1 amide bonds. The van der Waals surface area contributed by atoms with Crippen molar-refractivity contribution in [3.63, 3.8) is 0 Å². The van der Waals surface area contributed by atoms with Crippen molar-refractivity contribution < 1.29 is 19.0 Å². The third-order valence-corrected chi connectivity index (χ3v) is 4.38. The molecular formula is C18H24N2O4. The van der Waals surface area contributed by atoms with Gasteiger partial charge in [-0.1, -0.05) is 0 Å². The first-order valence-electron chi connectivity index (χ1n) is 8.23. The molecule has 0 spiro atoms. The Bertz CT molecular complexity index is 627. The number of nitrogens with zero attached hydrogens (tertiary/aromatic N) is 2. The van der Waals surface area contributed by atoms with E-state index in [0.29, 0.717) is 30.5 Å². The zero-order chi connectivity index (χ0) is 17.1. The van der Waals surface area contributed by atoms with Crippen LogP contribution in [0.2, 0.25) is 0 Å². The number of ether oxygens (including phenoxy) is 3. The number of benzene rings is 1. The number of carbonyl (C=O) groups excluding carboxylic acids is 1. The summed E-state index contributed by atoms with van der Waals surface area (Å²) in [6.45, 7) is 5.67. The summed E-state index contributed by atoms with van der Waals surface area (Å²) in [5.74, 6) is 1.93. The zero-order valence-electron chi connectivity index (χ0n) is 14.4. The number of rotatable bonds is 3. The van der Waals surface area contributed by atoms with E-state index in [1.165, 1.54) is 0 Å². The van der Waals surface area contributed by atoms with Crippen LogP contribution in [-0.4, -0.2) is 68.8 Å². The number of methoxy groups -OCH3 is 1. The van der Waals surface area contributed by atoms with E-state index in [1.807, 2.05) is 17.0 Å². The molecular weight excluding hydrogens is 308 g/mol. The summed E-state index contributed by atoms with van der Waals surface area (Å²) in [6, 6.07) is 3.94. The average molecular weight is 332 g/mol. The van der Waals surface area contributed by atoms with Gasteiger partial charge in [0.25, 0.3) is 0 Å². The molecule has 1 unspecified atom stereocenters. The maximum atomic E-state index is 12.5. The van der Waals surface area contributed by atoms with E-state index in [1.54, 1.807) is 19.3 Å². The van der Waals surface area contributed by atoms with Crippen molar-refractivity contribution in [3.05, 3.63) is 23.8 Å². The molecule has 2 heterocycles. The molecule has 0 saturated carbocycles. The summed E-state index contributed by atoms with van der Waals surface area (Å²) in [4.78, 5) is 16.6. The standard InChI is InChI=1S/C18H24N2O4/c1-13-12-19(2)6-7-20(13)17(21)5-4-14-10-15(22-3)18-16(11-14)23-8-9-24-18/h4-5,10-11,13H,6-9,12H2,1-3H3. The van der Waals surface area contributed by atoms with Crippen molar-refractivity contribution in [2.75, 3.05) is 47.0 Å². The van der Waals surface area contributed by atoms with Crippen LogP contribution >= 0.6 is 0 Å². The molecule has 0 aliphatic carbocycles. The largest absolute Gasteiger partial charge is 0.493 e. The van der Waals surface area contributed by atoms with Crippen molar-refractivity contribution >= 4 is 12.0 Å². The zero-order valence-corrected chi connectivity index (χ0v) is 14.4. The molecule has 0 radical (unpaired) electrons. The van der Waals surface area contributed by atoms with E-state index in [0.717, 1.165) is 25.2 Å². The molecule has 6 heteroatoms. The summed E-state index contributed by atoms with van der Waals surface area (Å²) in [5, 5.41) is 0. The summed E-state index contributed by atoms with van der Waals surface area (Å²) >= 11 is 0. The van der Waals surface area contributed by atoms with Crippen molar-refractivity contribution in [1.29, 1.82) is 0 Å². The van der Waals surface area contributed by atoms with Crippen LogP contribution in [0, 0.1) is 0 Å². The van der Waals surface area contributed by atoms with E-state index in [-0.39, 0.29) is 11.9 Å². The van der Waals surface area contributed by atoms with Gasteiger partial charge in [0.2, 0.25) is 11.7 Å². The summed E-state index contributed by atoms with van der Waals surface area (Å²) in [5.41, 5.74) is 0.853. The lowest BCUT2D eigenvalue weighted by atomic mass is 10.1. The van der Waals surface area contributed by atoms with Gasteiger partial charge in [0, 0.05) is 31.8 Å². The van der Waals surface area contributed by atoms with Crippen molar-refractivity contribution in [2.24, 2.45) is 0 Å². The van der Waals surface area contributed by atoms with Gasteiger partial charge in [-0.3, -0.25) is 4.79 Å². The third kappa shape index (κ3) is 3.48. The Kier molecular flexibility index (Phi) is 4.94. The molecule has 1 fully saturated rings. The number of fused-ring (bicyclic) bond motifs is 1. The van der Waals surface area contributed by atoms with Gasteiger partial charge in [-0.05, 0) is 37.7 Å². The molecule has 0 aromatic heterocycles. The highest BCUT2D eigenvalue weighted by atomic mass is 16.6. The summed E-state index contributed by atoms with van der Waals surface area (Å²) in [7, 11) is 3.67. The fraction of sp³-hybridized carbons (Fsp3) is 0.500. The Morgan fingerprint density at radius 2 is 2.08 bits per heavy atom. The predicted octanol–water partition coefficient (Wildman–Crippen LogP) is 1.64. The minimum absolute atomic E-state index is 0.0319. The monoisotopic (exact) mass is 332 g/mol. The van der Waals surface area contributed by atoms with E-state index in [4.69, 9.17) is 14.2 Å². The van der Waals surface area contributed by atoms with Gasteiger partial charge in [-0.15, -0.1) is 0 Å². The summed E-state index contributed by atoms with van der Waals surface area (Å²) in [6.07, 6.45) is 3.42. The molecule has 0 N–H and O–H groups in total. The molecule has 1 atom stereocenters. The van der Waals surface area contributed by atoms with Gasteiger partial charge in [0.1, 0.15) is 13.2 Å². The maximum absolute atomic E-state index is 12.5. The lowest BCUT2D eigenvalue weighted by molar-refractivity contribution is -0.130. The van der Waals surface area contributed by atoms with Crippen LogP contribution in [0.15, 0.2) is 18.2 Å². The first kappa shape index (κ1) is 16.6. The number of hydrogen-bond acceptors (Lipinski definition) is 5. The van der Waals surface area contributed by atoms with E-state index in [2.05, 4.69) is 18.9 Å². The molecule has 24 heavy (non-hydrogen) atoms. The van der Waals surface area contributed by atoms with Crippen LogP contribution < -0.4 is 14.2 Å². The molecule has 1 aromatic rings. The Labute approximate surface area is 142 Å². The van der Waals surface area contributed by atoms with Crippen LogP contribution in [0.25, 0.3) is 6.08 Å². The van der Waals surface area contributed by atoms with Crippen LogP contribution in [0.5, 0.6) is 17.2 Å². The minimum atomic E-state index is 0.0319. The number of piperazine rings is 1. The SMILES string of the molecule is COc1cc(C=CC(=O)N2CCN(C)CC2C)cc2c1OCCO2.